The maximum absolute atomic E-state index is 12.3. The van der Waals surface area contributed by atoms with Gasteiger partial charge < -0.3 is 10.4 Å². The fraction of sp³-hybridized carbons (Fsp3) is 0.308. The zero-order valence-corrected chi connectivity index (χ0v) is 10.0. The van der Waals surface area contributed by atoms with Crippen LogP contribution in [0.5, 0.6) is 0 Å². The number of hydrogen-bond acceptors (Lipinski definition) is 2. The average Bonchev–Trinajstić information content (AvgIpc) is 2.69. The number of carbonyl (C=O) groups excluding carboxylic acids is 2. The number of hydrogen-bond donors (Lipinski definition) is 0. The molecule has 1 saturated heterocycles. The van der Waals surface area contributed by atoms with Crippen LogP contribution in [0.1, 0.15) is 13.3 Å². The molecular weight excluding hydrogens is 230 g/mol. The van der Waals surface area contributed by atoms with Crippen LogP contribution in [0.25, 0.3) is 5.53 Å². The second-order valence-corrected chi connectivity index (χ2v) is 4.48. The molecule has 1 aliphatic heterocycles. The molecule has 0 N–H and O–H groups in total. The highest BCUT2D eigenvalue weighted by Gasteiger charge is 2.49. The molecule has 1 amide bonds. The summed E-state index contributed by atoms with van der Waals surface area (Å²) >= 11 is 0. The van der Waals surface area contributed by atoms with Gasteiger partial charge in [-0.25, -0.2) is 0 Å². The summed E-state index contributed by atoms with van der Waals surface area (Å²) in [5.41, 5.74) is 8.06. The first-order valence-corrected chi connectivity index (χ1v) is 5.68. The van der Waals surface area contributed by atoms with E-state index < -0.39 is 11.2 Å². The zero-order valence-electron chi connectivity index (χ0n) is 10.0. The lowest BCUT2D eigenvalue weighted by Crippen LogP contribution is -2.39. The Bertz CT molecular complexity index is 534. The molecule has 5 nitrogen and oxygen atoms in total. The van der Waals surface area contributed by atoms with Crippen molar-refractivity contribution < 1.29 is 14.4 Å². The number of Topliss-reactive ketones (excluding diaryl/α,β-unsaturated/α-hetero) is 1. The number of carbonyl (C=O) groups is 2. The van der Waals surface area contributed by atoms with Gasteiger partial charge in [0.05, 0.1) is 0 Å². The normalized spacial score (nSPS) is 22.7. The van der Waals surface area contributed by atoms with E-state index in [1.54, 1.807) is 11.8 Å². The molecule has 1 fully saturated rings. The molecule has 1 unspecified atom stereocenters. The van der Waals surface area contributed by atoms with E-state index in [4.69, 9.17) is 5.53 Å². The van der Waals surface area contributed by atoms with Gasteiger partial charge >= 0.3 is 6.21 Å². The quantitative estimate of drug-likeness (QED) is 0.347. The van der Waals surface area contributed by atoms with Crippen LogP contribution in [0, 0.1) is 5.41 Å². The number of ketones is 1. The van der Waals surface area contributed by atoms with E-state index in [9.17, 15) is 9.59 Å². The molecule has 1 atom stereocenters. The number of benzene rings is 1. The first kappa shape index (κ1) is 12.2. The van der Waals surface area contributed by atoms with Crippen molar-refractivity contribution in [2.45, 2.75) is 13.3 Å². The standard InChI is InChI=1S/C13H13N3O2/c1-13(11(17)9-15-14)7-8-16(12(13)18)10-5-3-2-4-6-10/h2-6,9H,7-8H2,1H3. The van der Waals surface area contributed by atoms with Crippen LogP contribution in [0.15, 0.2) is 30.3 Å². The number of para-hydroxylation sites is 1. The third-order valence-corrected chi connectivity index (χ3v) is 3.34. The predicted molar refractivity (Wildman–Crippen MR) is 66.2 cm³/mol. The van der Waals surface area contributed by atoms with Gasteiger partial charge in [-0.2, -0.15) is 4.79 Å². The number of nitrogens with zero attached hydrogens (tertiary/aromatic N) is 3. The minimum Gasteiger partial charge on any atom is -0.361 e. The van der Waals surface area contributed by atoms with E-state index in [0.29, 0.717) is 13.0 Å². The molecule has 5 heteroatoms. The topological polar surface area (TPSA) is 73.8 Å². The SMILES string of the molecule is CC1(C(=O)C=[N+]=[N-])CCN(c2ccccc2)C1=O. The highest BCUT2D eigenvalue weighted by atomic mass is 16.2. The Morgan fingerprint density at radius 3 is 2.72 bits per heavy atom. The van der Waals surface area contributed by atoms with Gasteiger partial charge in [-0.15, -0.1) is 0 Å². The maximum Gasteiger partial charge on any atom is 0.324 e. The van der Waals surface area contributed by atoms with Gasteiger partial charge in [0.1, 0.15) is 5.41 Å². The summed E-state index contributed by atoms with van der Waals surface area (Å²) in [6.07, 6.45) is 1.22. The molecule has 0 spiro atoms. The molecule has 1 aromatic rings. The van der Waals surface area contributed by atoms with Gasteiger partial charge in [-0.3, -0.25) is 9.59 Å². The zero-order chi connectivity index (χ0) is 13.2. The second-order valence-electron chi connectivity index (χ2n) is 4.48. The van der Waals surface area contributed by atoms with Gasteiger partial charge in [0, 0.05) is 12.2 Å². The molecule has 0 radical (unpaired) electrons. The Labute approximate surface area is 105 Å². The van der Waals surface area contributed by atoms with Crippen molar-refractivity contribution in [1.82, 2.24) is 0 Å². The molecule has 1 aliphatic rings. The molecule has 92 valence electrons. The molecule has 0 bridgehead atoms. The van der Waals surface area contributed by atoms with Crippen LogP contribution >= 0.6 is 0 Å². The summed E-state index contributed by atoms with van der Waals surface area (Å²) in [5.74, 6) is -0.716. The highest BCUT2D eigenvalue weighted by Crippen LogP contribution is 2.34. The van der Waals surface area contributed by atoms with Crippen LogP contribution in [-0.4, -0.2) is 29.2 Å². The van der Waals surface area contributed by atoms with Crippen molar-refractivity contribution in [2.24, 2.45) is 5.41 Å². The van der Waals surface area contributed by atoms with E-state index in [1.165, 1.54) is 0 Å². The lowest BCUT2D eigenvalue weighted by molar-refractivity contribution is -0.135. The average molecular weight is 243 g/mol. The number of rotatable bonds is 3. The Kier molecular flexibility index (Phi) is 3.08. The summed E-state index contributed by atoms with van der Waals surface area (Å²) in [5, 5.41) is 0. The van der Waals surface area contributed by atoms with Crippen molar-refractivity contribution in [3.63, 3.8) is 0 Å². The molecule has 1 aromatic carbocycles. The highest BCUT2D eigenvalue weighted by molar-refractivity contribution is 6.35. The van der Waals surface area contributed by atoms with Crippen LogP contribution in [0.3, 0.4) is 0 Å². The van der Waals surface area contributed by atoms with Gasteiger partial charge in [-0.1, -0.05) is 18.2 Å². The minimum absolute atomic E-state index is 0.251. The van der Waals surface area contributed by atoms with Crippen molar-refractivity contribution >= 4 is 23.6 Å². The van der Waals surface area contributed by atoms with Crippen LogP contribution in [0.4, 0.5) is 5.69 Å². The van der Waals surface area contributed by atoms with Gasteiger partial charge in [-0.05, 0) is 25.5 Å². The lowest BCUT2D eigenvalue weighted by atomic mass is 9.84. The summed E-state index contributed by atoms with van der Waals surface area (Å²) in [7, 11) is 0. The van der Waals surface area contributed by atoms with Gasteiger partial charge in [0.25, 0.3) is 5.78 Å². The van der Waals surface area contributed by atoms with Crippen molar-refractivity contribution in [3.8, 4) is 0 Å². The lowest BCUT2D eigenvalue weighted by Gasteiger charge is -2.19. The number of amides is 1. The van der Waals surface area contributed by atoms with Crippen LogP contribution < -0.4 is 4.90 Å². The molecule has 18 heavy (non-hydrogen) atoms. The van der Waals surface area contributed by atoms with Gasteiger partial charge in [0.2, 0.25) is 5.91 Å². The maximum atomic E-state index is 12.3. The molecular formula is C13H13N3O2. The Morgan fingerprint density at radius 1 is 1.44 bits per heavy atom. The monoisotopic (exact) mass is 243 g/mol. The third kappa shape index (κ3) is 1.85. The molecule has 0 aromatic heterocycles. The third-order valence-electron chi connectivity index (χ3n) is 3.34. The van der Waals surface area contributed by atoms with Crippen molar-refractivity contribution in [1.29, 1.82) is 0 Å². The van der Waals surface area contributed by atoms with Crippen molar-refractivity contribution in [2.75, 3.05) is 11.4 Å². The molecule has 1 heterocycles. The van der Waals surface area contributed by atoms with E-state index >= 15 is 0 Å². The van der Waals surface area contributed by atoms with E-state index in [2.05, 4.69) is 4.79 Å². The fourth-order valence-electron chi connectivity index (χ4n) is 2.12. The first-order valence-electron chi connectivity index (χ1n) is 5.68. The minimum atomic E-state index is -1.12. The Balaban J connectivity index is 2.30. The number of anilines is 1. The van der Waals surface area contributed by atoms with E-state index in [0.717, 1.165) is 11.9 Å². The summed E-state index contributed by atoms with van der Waals surface area (Å²) in [4.78, 5) is 28.4. The van der Waals surface area contributed by atoms with E-state index in [1.807, 2.05) is 30.3 Å². The molecule has 0 saturated carbocycles. The predicted octanol–water partition coefficient (Wildman–Crippen LogP) is 1.30. The largest absolute Gasteiger partial charge is 0.361 e. The van der Waals surface area contributed by atoms with E-state index in [-0.39, 0.29) is 5.91 Å². The Hall–Kier alpha value is -2.26. The smallest absolute Gasteiger partial charge is 0.324 e. The first-order chi connectivity index (χ1) is 8.59. The van der Waals surface area contributed by atoms with Crippen molar-refractivity contribution in [3.05, 3.63) is 35.9 Å². The van der Waals surface area contributed by atoms with Crippen LogP contribution in [0.2, 0.25) is 0 Å². The second kappa shape index (κ2) is 4.55. The summed E-state index contributed by atoms with van der Waals surface area (Å²) in [6.45, 7) is 2.08. The fourth-order valence-corrected chi connectivity index (χ4v) is 2.12. The summed E-state index contributed by atoms with van der Waals surface area (Å²) in [6, 6.07) is 9.21. The Morgan fingerprint density at radius 2 is 2.11 bits per heavy atom. The molecule has 0 aliphatic carbocycles. The van der Waals surface area contributed by atoms with Crippen LogP contribution in [-0.2, 0) is 9.59 Å². The van der Waals surface area contributed by atoms with Gasteiger partial charge in [0.15, 0.2) is 0 Å². The molecule has 2 rings (SSSR count). The summed E-state index contributed by atoms with van der Waals surface area (Å²) < 4.78 is 0.